The quantitative estimate of drug-likeness (QED) is 0.746. The average Bonchev–Trinajstić information content (AvgIpc) is 3.01. The summed E-state index contributed by atoms with van der Waals surface area (Å²) in [6, 6.07) is 11.2. The number of nitrogens with zero attached hydrogens (tertiary/aromatic N) is 4. The summed E-state index contributed by atoms with van der Waals surface area (Å²) in [4.78, 5) is 16.5. The molecule has 3 rings (SSSR count). The minimum atomic E-state index is -1.12. The molecule has 0 spiro atoms. The maximum Gasteiger partial charge on any atom is 0.358 e. The molecule has 0 saturated carbocycles. The first-order chi connectivity index (χ1) is 10.7. The maximum atomic E-state index is 11.4. The maximum absolute atomic E-state index is 11.4. The first-order valence-electron chi connectivity index (χ1n) is 6.44. The number of carboxylic acid groups (broad SMARTS) is 1. The Kier molecular flexibility index (Phi) is 3.88. The van der Waals surface area contributed by atoms with Gasteiger partial charge in [0.25, 0.3) is 0 Å². The fourth-order valence-corrected chi connectivity index (χ4v) is 2.56. The van der Waals surface area contributed by atoms with Crippen molar-refractivity contribution in [2.45, 2.75) is 4.90 Å². The van der Waals surface area contributed by atoms with E-state index < -0.39 is 5.97 Å². The molecule has 0 amide bonds. The highest BCUT2D eigenvalue weighted by Gasteiger charge is 2.21. The van der Waals surface area contributed by atoms with Crippen molar-refractivity contribution in [3.05, 3.63) is 54.5 Å². The Labute approximate surface area is 130 Å². The lowest BCUT2D eigenvalue weighted by Gasteiger charge is -2.08. The number of rotatable bonds is 4. The molecule has 1 aromatic carbocycles. The number of thioether (sulfide) groups is 1. The van der Waals surface area contributed by atoms with E-state index in [1.807, 2.05) is 30.5 Å². The molecule has 1 N–H and O–H groups in total. The first-order valence-corrected chi connectivity index (χ1v) is 7.67. The van der Waals surface area contributed by atoms with E-state index in [2.05, 4.69) is 15.3 Å². The topological polar surface area (TPSA) is 80.9 Å². The van der Waals surface area contributed by atoms with Crippen molar-refractivity contribution in [3.8, 4) is 16.9 Å². The zero-order valence-electron chi connectivity index (χ0n) is 11.7. The number of hydrogen-bond acceptors (Lipinski definition) is 5. The van der Waals surface area contributed by atoms with Crippen LogP contribution in [0.25, 0.3) is 16.9 Å². The lowest BCUT2D eigenvalue weighted by atomic mass is 10.1. The van der Waals surface area contributed by atoms with E-state index in [4.69, 9.17) is 0 Å². The minimum Gasteiger partial charge on any atom is -0.476 e. The van der Waals surface area contributed by atoms with Gasteiger partial charge in [-0.05, 0) is 36.6 Å². The van der Waals surface area contributed by atoms with E-state index in [0.717, 1.165) is 10.6 Å². The van der Waals surface area contributed by atoms with Crippen molar-refractivity contribution in [2.75, 3.05) is 6.26 Å². The van der Waals surface area contributed by atoms with Gasteiger partial charge in [0.05, 0.1) is 5.69 Å². The van der Waals surface area contributed by atoms with Crippen LogP contribution in [-0.4, -0.2) is 37.3 Å². The minimum absolute atomic E-state index is 0.0949. The zero-order valence-corrected chi connectivity index (χ0v) is 12.5. The standard InChI is InChI=1S/C15H12N4O2S/c1-22-12-6-2-5-11(8-12)19-14(10-4-3-7-16-9-10)13(15(20)21)17-18-19/h2-9H,1H3,(H,20,21). The molecule has 2 heterocycles. The van der Waals surface area contributed by atoms with Gasteiger partial charge < -0.3 is 5.11 Å². The molecular weight excluding hydrogens is 300 g/mol. The van der Waals surface area contributed by atoms with Gasteiger partial charge in [-0.15, -0.1) is 16.9 Å². The first kappa shape index (κ1) is 14.3. The number of aromatic nitrogens is 4. The largest absolute Gasteiger partial charge is 0.476 e. The van der Waals surface area contributed by atoms with Gasteiger partial charge in [0.1, 0.15) is 5.69 Å². The Morgan fingerprint density at radius 3 is 2.82 bits per heavy atom. The highest BCUT2D eigenvalue weighted by molar-refractivity contribution is 7.98. The van der Waals surface area contributed by atoms with Gasteiger partial charge in [0.15, 0.2) is 5.69 Å². The number of hydrogen-bond donors (Lipinski definition) is 1. The summed E-state index contributed by atoms with van der Waals surface area (Å²) in [7, 11) is 0. The van der Waals surface area contributed by atoms with Crippen molar-refractivity contribution >= 4 is 17.7 Å². The third-order valence-corrected chi connectivity index (χ3v) is 3.83. The third kappa shape index (κ3) is 2.58. The van der Waals surface area contributed by atoms with Crippen LogP contribution in [0.2, 0.25) is 0 Å². The van der Waals surface area contributed by atoms with Crippen molar-refractivity contribution < 1.29 is 9.90 Å². The van der Waals surface area contributed by atoms with Gasteiger partial charge >= 0.3 is 5.97 Å². The summed E-state index contributed by atoms with van der Waals surface area (Å²) in [6.07, 6.45) is 5.21. The smallest absolute Gasteiger partial charge is 0.358 e. The fourth-order valence-electron chi connectivity index (χ4n) is 2.11. The van der Waals surface area contributed by atoms with Crippen LogP contribution in [0.15, 0.2) is 53.7 Å². The van der Waals surface area contributed by atoms with Gasteiger partial charge in [0, 0.05) is 22.9 Å². The van der Waals surface area contributed by atoms with Crippen LogP contribution in [0.4, 0.5) is 0 Å². The predicted octanol–water partition coefficient (Wildman–Crippen LogP) is 2.75. The molecule has 0 fully saturated rings. The van der Waals surface area contributed by atoms with E-state index in [-0.39, 0.29) is 5.69 Å². The van der Waals surface area contributed by atoms with E-state index in [1.54, 1.807) is 36.3 Å². The second-order valence-corrected chi connectivity index (χ2v) is 5.33. The molecule has 22 heavy (non-hydrogen) atoms. The number of carboxylic acids is 1. The Balaban J connectivity index is 2.22. The molecule has 0 atom stereocenters. The molecule has 2 aromatic heterocycles. The summed E-state index contributed by atoms with van der Waals surface area (Å²) in [5.74, 6) is -1.12. The van der Waals surface area contributed by atoms with Crippen LogP contribution < -0.4 is 0 Å². The molecule has 0 saturated heterocycles. The Morgan fingerprint density at radius 2 is 2.14 bits per heavy atom. The third-order valence-electron chi connectivity index (χ3n) is 3.11. The van der Waals surface area contributed by atoms with E-state index in [1.165, 1.54) is 4.68 Å². The Bertz CT molecular complexity index is 817. The van der Waals surface area contributed by atoms with Crippen LogP contribution >= 0.6 is 11.8 Å². The highest BCUT2D eigenvalue weighted by atomic mass is 32.2. The Hall–Kier alpha value is -2.67. The number of benzene rings is 1. The molecule has 6 nitrogen and oxygen atoms in total. The number of pyridine rings is 1. The molecule has 0 aliphatic rings. The molecule has 110 valence electrons. The molecular formula is C15H12N4O2S. The van der Waals surface area contributed by atoms with Gasteiger partial charge in [-0.2, -0.15) is 0 Å². The highest BCUT2D eigenvalue weighted by Crippen LogP contribution is 2.26. The lowest BCUT2D eigenvalue weighted by molar-refractivity contribution is 0.0691. The summed E-state index contributed by atoms with van der Waals surface area (Å²) >= 11 is 1.60. The summed E-state index contributed by atoms with van der Waals surface area (Å²) < 4.78 is 1.53. The van der Waals surface area contributed by atoms with Crippen LogP contribution in [0.3, 0.4) is 0 Å². The van der Waals surface area contributed by atoms with Gasteiger partial charge in [-0.1, -0.05) is 11.3 Å². The number of aromatic carboxylic acids is 1. The molecule has 7 heteroatoms. The van der Waals surface area contributed by atoms with Crippen LogP contribution in [0.5, 0.6) is 0 Å². The van der Waals surface area contributed by atoms with Gasteiger partial charge in [-0.25, -0.2) is 9.48 Å². The van der Waals surface area contributed by atoms with Crippen LogP contribution in [0.1, 0.15) is 10.5 Å². The normalized spacial score (nSPS) is 10.6. The Morgan fingerprint density at radius 1 is 1.27 bits per heavy atom. The summed E-state index contributed by atoms with van der Waals surface area (Å²) in [5, 5.41) is 17.2. The van der Waals surface area contributed by atoms with Crippen molar-refractivity contribution in [2.24, 2.45) is 0 Å². The second kappa shape index (κ2) is 5.98. The van der Waals surface area contributed by atoms with Crippen molar-refractivity contribution in [3.63, 3.8) is 0 Å². The van der Waals surface area contributed by atoms with Gasteiger partial charge in [-0.3, -0.25) is 4.98 Å². The molecule has 0 aliphatic carbocycles. The van der Waals surface area contributed by atoms with Crippen molar-refractivity contribution in [1.29, 1.82) is 0 Å². The molecule has 0 aliphatic heterocycles. The second-order valence-electron chi connectivity index (χ2n) is 4.45. The van der Waals surface area contributed by atoms with Crippen molar-refractivity contribution in [1.82, 2.24) is 20.0 Å². The fraction of sp³-hybridized carbons (Fsp3) is 0.0667. The van der Waals surface area contributed by atoms with Gasteiger partial charge in [0.2, 0.25) is 0 Å². The van der Waals surface area contributed by atoms with E-state index >= 15 is 0 Å². The van der Waals surface area contributed by atoms with E-state index in [0.29, 0.717) is 11.3 Å². The van der Waals surface area contributed by atoms with Crippen LogP contribution in [0, 0.1) is 0 Å². The lowest BCUT2D eigenvalue weighted by Crippen LogP contribution is -2.03. The SMILES string of the molecule is CSc1cccc(-n2nnc(C(=O)O)c2-c2cccnc2)c1. The monoisotopic (exact) mass is 312 g/mol. The molecule has 0 bridgehead atoms. The molecule has 0 unspecified atom stereocenters. The summed E-state index contributed by atoms with van der Waals surface area (Å²) in [6.45, 7) is 0. The molecule has 3 aromatic rings. The summed E-state index contributed by atoms with van der Waals surface area (Å²) in [5.41, 5.74) is 1.73. The zero-order chi connectivity index (χ0) is 15.5. The molecule has 0 radical (unpaired) electrons. The predicted molar refractivity (Wildman–Crippen MR) is 83.3 cm³/mol. The van der Waals surface area contributed by atoms with Crippen LogP contribution in [-0.2, 0) is 0 Å². The number of carbonyl (C=O) groups is 1. The average molecular weight is 312 g/mol. The van der Waals surface area contributed by atoms with E-state index in [9.17, 15) is 9.90 Å².